The molecule has 0 radical (unpaired) electrons. The lowest BCUT2D eigenvalue weighted by molar-refractivity contribution is -0.152. The minimum Gasteiger partial charge on any atom is -0.480 e. The third-order valence-electron chi connectivity index (χ3n) is 3.21. The summed E-state index contributed by atoms with van der Waals surface area (Å²) in [6.45, 7) is 0.0671. The molecule has 0 bridgehead atoms. The van der Waals surface area contributed by atoms with Crippen LogP contribution in [-0.4, -0.2) is 49.8 Å². The second-order valence-electron chi connectivity index (χ2n) is 4.63. The smallest absolute Gasteiger partial charge is 0.326 e. The molecule has 0 aromatic carbocycles. The number of nitrogens with two attached hydrogens (primary N) is 2. The molecule has 0 aliphatic carbocycles. The Kier molecular flexibility index (Phi) is 3.70. The van der Waals surface area contributed by atoms with Crippen LogP contribution < -0.4 is 11.5 Å². The summed E-state index contributed by atoms with van der Waals surface area (Å²) in [4.78, 5) is 42.3. The number of carbonyl (C=O) groups is 3. The van der Waals surface area contributed by atoms with Crippen molar-refractivity contribution in [1.82, 2.24) is 14.9 Å². The summed E-state index contributed by atoms with van der Waals surface area (Å²) >= 11 is 0. The lowest BCUT2D eigenvalue weighted by Crippen LogP contribution is -2.54. The predicted octanol–water partition coefficient (Wildman–Crippen LogP) is -2.05. The van der Waals surface area contributed by atoms with Gasteiger partial charge in [0.2, 0.25) is 11.8 Å². The molecule has 6 N–H and O–H groups in total. The molecule has 1 aliphatic heterocycles. The van der Waals surface area contributed by atoms with E-state index in [2.05, 4.69) is 9.97 Å². The van der Waals surface area contributed by atoms with Crippen molar-refractivity contribution in [2.24, 2.45) is 11.5 Å². The van der Waals surface area contributed by atoms with Gasteiger partial charge in [0, 0.05) is 6.42 Å². The van der Waals surface area contributed by atoms with Crippen molar-refractivity contribution in [2.45, 2.75) is 31.5 Å². The van der Waals surface area contributed by atoms with Gasteiger partial charge >= 0.3 is 5.97 Å². The Morgan fingerprint density at radius 1 is 1.55 bits per heavy atom. The van der Waals surface area contributed by atoms with E-state index in [9.17, 15) is 19.5 Å². The van der Waals surface area contributed by atoms with Gasteiger partial charge in [-0.25, -0.2) is 9.78 Å². The van der Waals surface area contributed by atoms with Gasteiger partial charge in [-0.2, -0.15) is 0 Å². The van der Waals surface area contributed by atoms with Crippen LogP contribution in [0.1, 0.15) is 17.8 Å². The molecule has 9 heteroatoms. The number of imidazole rings is 1. The Bertz CT molecular complexity index is 555. The van der Waals surface area contributed by atoms with Crippen molar-refractivity contribution in [2.75, 3.05) is 0 Å². The van der Waals surface area contributed by atoms with Crippen LogP contribution in [0.5, 0.6) is 0 Å². The van der Waals surface area contributed by atoms with Crippen molar-refractivity contribution in [3.05, 3.63) is 17.7 Å². The molecule has 1 aromatic heterocycles. The highest BCUT2D eigenvalue weighted by molar-refractivity contribution is 5.90. The Morgan fingerprint density at radius 2 is 2.25 bits per heavy atom. The summed E-state index contributed by atoms with van der Waals surface area (Å²) in [5.74, 6) is -2.47. The summed E-state index contributed by atoms with van der Waals surface area (Å²) in [6, 6.07) is -2.18. The van der Waals surface area contributed by atoms with E-state index in [1.54, 1.807) is 0 Å². The van der Waals surface area contributed by atoms with Crippen LogP contribution in [0, 0.1) is 0 Å². The maximum Gasteiger partial charge on any atom is 0.326 e. The summed E-state index contributed by atoms with van der Waals surface area (Å²) in [5, 5.41) is 9.22. The van der Waals surface area contributed by atoms with Crippen molar-refractivity contribution in [3.63, 3.8) is 0 Å². The van der Waals surface area contributed by atoms with Crippen LogP contribution in [-0.2, 0) is 27.3 Å². The highest BCUT2D eigenvalue weighted by Crippen LogP contribution is 2.21. The van der Waals surface area contributed by atoms with Crippen LogP contribution in [0.25, 0.3) is 0 Å². The Morgan fingerprint density at radius 3 is 2.85 bits per heavy atom. The maximum absolute atomic E-state index is 12.2. The minimum atomic E-state index is -1.14. The van der Waals surface area contributed by atoms with E-state index in [0.717, 1.165) is 4.90 Å². The molecule has 1 aromatic rings. The van der Waals surface area contributed by atoms with Crippen molar-refractivity contribution in [3.8, 4) is 0 Å². The Labute approximate surface area is 113 Å². The quantitative estimate of drug-likeness (QED) is 0.497. The zero-order valence-corrected chi connectivity index (χ0v) is 10.6. The van der Waals surface area contributed by atoms with Gasteiger partial charge in [0.15, 0.2) is 0 Å². The van der Waals surface area contributed by atoms with Gasteiger partial charge in [-0.3, -0.25) is 9.59 Å². The molecule has 2 rings (SSSR count). The highest BCUT2D eigenvalue weighted by atomic mass is 16.4. The van der Waals surface area contributed by atoms with Gasteiger partial charge in [-0.1, -0.05) is 0 Å². The van der Waals surface area contributed by atoms with Crippen molar-refractivity contribution < 1.29 is 19.5 Å². The van der Waals surface area contributed by atoms with Crippen molar-refractivity contribution in [1.29, 1.82) is 0 Å². The first-order valence-electron chi connectivity index (χ1n) is 5.98. The number of carbonyl (C=O) groups excluding carboxylic acids is 2. The summed E-state index contributed by atoms with van der Waals surface area (Å²) in [5.41, 5.74) is 11.9. The molecule has 9 nitrogen and oxygen atoms in total. The van der Waals surface area contributed by atoms with E-state index in [-0.39, 0.29) is 19.4 Å². The first-order chi connectivity index (χ1) is 9.40. The van der Waals surface area contributed by atoms with E-state index in [1.165, 1.54) is 6.33 Å². The fraction of sp³-hybridized carbons (Fsp3) is 0.455. The average Bonchev–Trinajstić information content (AvgIpc) is 2.82. The number of nitrogens with one attached hydrogen (secondary N) is 1. The lowest BCUT2D eigenvalue weighted by Gasteiger charge is -2.33. The molecule has 1 aliphatic rings. The van der Waals surface area contributed by atoms with E-state index < -0.39 is 29.9 Å². The number of H-pyrrole nitrogens is 1. The fourth-order valence-electron chi connectivity index (χ4n) is 2.21. The van der Waals surface area contributed by atoms with Gasteiger partial charge < -0.3 is 26.5 Å². The molecule has 0 saturated heterocycles. The number of aliphatic carboxylic acids is 1. The van der Waals surface area contributed by atoms with Gasteiger partial charge in [0.05, 0.1) is 36.7 Å². The molecule has 2 amide bonds. The largest absolute Gasteiger partial charge is 0.480 e. The van der Waals surface area contributed by atoms with Gasteiger partial charge in [0.1, 0.15) is 6.04 Å². The predicted molar refractivity (Wildman–Crippen MR) is 66.1 cm³/mol. The second-order valence-corrected chi connectivity index (χ2v) is 4.63. The zero-order valence-electron chi connectivity index (χ0n) is 10.6. The van der Waals surface area contributed by atoms with Gasteiger partial charge in [0.25, 0.3) is 0 Å². The fourth-order valence-corrected chi connectivity index (χ4v) is 2.21. The monoisotopic (exact) mass is 281 g/mol. The van der Waals surface area contributed by atoms with Crippen LogP contribution in [0.4, 0.5) is 0 Å². The molecule has 20 heavy (non-hydrogen) atoms. The van der Waals surface area contributed by atoms with Crippen LogP contribution in [0.2, 0.25) is 0 Å². The topological polar surface area (TPSA) is 155 Å². The molecule has 108 valence electrons. The van der Waals surface area contributed by atoms with E-state index in [4.69, 9.17) is 11.5 Å². The minimum absolute atomic E-state index is 0.0671. The number of amides is 2. The standard InChI is InChI=1S/C11H15N5O4/c12-5(1-9(13)17)10(18)16-3-7-6(14-4-15-7)2-8(16)11(19)20/h4-5,8H,1-3,12H2,(H2,13,17)(H,14,15)(H,19,20). The van der Waals surface area contributed by atoms with E-state index >= 15 is 0 Å². The molecule has 0 saturated carbocycles. The lowest BCUT2D eigenvalue weighted by atomic mass is 10.0. The van der Waals surface area contributed by atoms with Crippen LogP contribution in [0.3, 0.4) is 0 Å². The zero-order chi connectivity index (χ0) is 14.9. The number of fused-ring (bicyclic) bond motifs is 1. The molecular weight excluding hydrogens is 266 g/mol. The number of hydrogen-bond acceptors (Lipinski definition) is 5. The molecule has 2 unspecified atom stereocenters. The Balaban J connectivity index is 2.22. The number of nitrogens with zero attached hydrogens (tertiary/aromatic N) is 2. The van der Waals surface area contributed by atoms with Crippen LogP contribution in [0.15, 0.2) is 6.33 Å². The van der Waals surface area contributed by atoms with Crippen molar-refractivity contribution >= 4 is 17.8 Å². The van der Waals surface area contributed by atoms with Gasteiger partial charge in [-0.15, -0.1) is 0 Å². The number of hydrogen-bond donors (Lipinski definition) is 4. The average molecular weight is 281 g/mol. The molecule has 2 atom stereocenters. The maximum atomic E-state index is 12.2. The number of primary amides is 1. The molecule has 2 heterocycles. The van der Waals surface area contributed by atoms with E-state index in [0.29, 0.717) is 11.4 Å². The molecule has 0 spiro atoms. The van der Waals surface area contributed by atoms with Crippen LogP contribution >= 0.6 is 0 Å². The molecular formula is C11H15N5O4. The number of aromatic amines is 1. The summed E-state index contributed by atoms with van der Waals surface area (Å²) in [7, 11) is 0. The number of carboxylic acid groups (broad SMARTS) is 1. The summed E-state index contributed by atoms with van der Waals surface area (Å²) in [6.07, 6.45) is 1.22. The highest BCUT2D eigenvalue weighted by Gasteiger charge is 2.37. The summed E-state index contributed by atoms with van der Waals surface area (Å²) < 4.78 is 0. The first kappa shape index (κ1) is 14.0. The SMILES string of the molecule is NC(=O)CC(N)C(=O)N1Cc2[nH]cnc2CC1C(=O)O. The normalized spacial score (nSPS) is 19.2. The number of aromatic nitrogens is 2. The molecule has 0 fully saturated rings. The number of rotatable bonds is 4. The number of carboxylic acids is 1. The second kappa shape index (κ2) is 5.29. The van der Waals surface area contributed by atoms with E-state index in [1.807, 2.05) is 0 Å². The van der Waals surface area contributed by atoms with Gasteiger partial charge in [-0.05, 0) is 0 Å². The third kappa shape index (κ3) is 2.62. The first-order valence-corrected chi connectivity index (χ1v) is 5.98. The Hall–Kier alpha value is -2.42. The third-order valence-corrected chi connectivity index (χ3v) is 3.21.